The van der Waals surface area contributed by atoms with Crippen molar-refractivity contribution in [3.8, 4) is 5.88 Å². The molecular formula is C10H18N2O. The first kappa shape index (κ1) is 11.8. The zero-order chi connectivity index (χ0) is 10.1. The number of rotatable bonds is 3. The summed E-state index contributed by atoms with van der Waals surface area (Å²) in [6, 6.07) is 5.64. The van der Waals surface area contributed by atoms with E-state index in [0.717, 1.165) is 12.4 Å². The van der Waals surface area contributed by atoms with Crippen molar-refractivity contribution in [2.75, 3.05) is 19.0 Å². The largest absolute Gasteiger partial charge is 0.481 e. The molecule has 0 radical (unpaired) electrons. The van der Waals surface area contributed by atoms with Crippen LogP contribution in [0, 0.1) is 0 Å². The number of aromatic nitrogens is 1. The predicted octanol–water partition coefficient (Wildman–Crippen LogP) is 2.55. The fraction of sp³-hybridized carbons (Fsp3) is 0.500. The van der Waals surface area contributed by atoms with Crippen molar-refractivity contribution in [2.24, 2.45) is 0 Å². The van der Waals surface area contributed by atoms with Gasteiger partial charge in [-0.1, -0.05) is 19.9 Å². The summed E-state index contributed by atoms with van der Waals surface area (Å²) in [4.78, 5) is 4.15. The topological polar surface area (TPSA) is 34.1 Å². The molecule has 0 aromatic carbocycles. The van der Waals surface area contributed by atoms with Gasteiger partial charge >= 0.3 is 0 Å². The van der Waals surface area contributed by atoms with Crippen LogP contribution in [0.2, 0.25) is 0 Å². The summed E-state index contributed by atoms with van der Waals surface area (Å²) in [6.45, 7) is 6.90. The molecule has 0 amide bonds. The molecular weight excluding hydrogens is 164 g/mol. The maximum absolute atomic E-state index is 4.95. The van der Waals surface area contributed by atoms with Crippen LogP contribution in [-0.4, -0.2) is 18.6 Å². The smallest absolute Gasteiger partial charge is 0.214 e. The van der Waals surface area contributed by atoms with E-state index in [1.54, 1.807) is 7.11 Å². The van der Waals surface area contributed by atoms with Gasteiger partial charge in [0.1, 0.15) is 5.82 Å². The van der Waals surface area contributed by atoms with E-state index in [1.807, 2.05) is 39.0 Å². The molecule has 13 heavy (non-hydrogen) atoms. The van der Waals surface area contributed by atoms with Crippen LogP contribution in [0.1, 0.15) is 20.8 Å². The molecule has 0 aliphatic heterocycles. The second-order valence-electron chi connectivity index (χ2n) is 2.10. The van der Waals surface area contributed by atoms with Gasteiger partial charge in [-0.2, -0.15) is 4.98 Å². The average molecular weight is 182 g/mol. The molecule has 0 bridgehead atoms. The number of pyridine rings is 1. The highest BCUT2D eigenvalue weighted by atomic mass is 16.5. The fourth-order valence-electron chi connectivity index (χ4n) is 0.808. The van der Waals surface area contributed by atoms with Gasteiger partial charge in [0.2, 0.25) is 5.88 Å². The molecule has 74 valence electrons. The molecule has 3 nitrogen and oxygen atoms in total. The van der Waals surface area contributed by atoms with Gasteiger partial charge in [0, 0.05) is 12.6 Å². The molecule has 1 rings (SSSR count). The van der Waals surface area contributed by atoms with Crippen LogP contribution in [0.4, 0.5) is 5.82 Å². The highest BCUT2D eigenvalue weighted by molar-refractivity contribution is 5.36. The van der Waals surface area contributed by atoms with Gasteiger partial charge < -0.3 is 10.1 Å². The first-order valence-corrected chi connectivity index (χ1v) is 4.61. The lowest BCUT2D eigenvalue weighted by molar-refractivity contribution is 0.398. The third-order valence-corrected chi connectivity index (χ3v) is 1.29. The third-order valence-electron chi connectivity index (χ3n) is 1.29. The van der Waals surface area contributed by atoms with Crippen LogP contribution < -0.4 is 10.1 Å². The van der Waals surface area contributed by atoms with Gasteiger partial charge in [-0.05, 0) is 13.0 Å². The Labute approximate surface area is 80.1 Å². The lowest BCUT2D eigenvalue weighted by Gasteiger charge is -2.02. The first-order valence-electron chi connectivity index (χ1n) is 4.61. The van der Waals surface area contributed by atoms with E-state index >= 15 is 0 Å². The number of hydrogen-bond acceptors (Lipinski definition) is 3. The highest BCUT2D eigenvalue weighted by Gasteiger charge is 1.93. The quantitative estimate of drug-likeness (QED) is 0.780. The maximum atomic E-state index is 4.95. The lowest BCUT2D eigenvalue weighted by atomic mass is 10.4. The highest BCUT2D eigenvalue weighted by Crippen LogP contribution is 2.09. The van der Waals surface area contributed by atoms with E-state index in [1.165, 1.54) is 0 Å². The molecule has 3 heteroatoms. The van der Waals surface area contributed by atoms with Crippen LogP contribution in [-0.2, 0) is 0 Å². The zero-order valence-corrected chi connectivity index (χ0v) is 8.79. The minimum Gasteiger partial charge on any atom is -0.481 e. The van der Waals surface area contributed by atoms with Crippen LogP contribution in [0.15, 0.2) is 18.2 Å². The molecule has 0 aliphatic rings. The summed E-state index contributed by atoms with van der Waals surface area (Å²) < 4.78 is 4.95. The minimum atomic E-state index is 0.642. The van der Waals surface area contributed by atoms with Crippen LogP contribution in [0.3, 0.4) is 0 Å². The van der Waals surface area contributed by atoms with Crippen LogP contribution in [0.25, 0.3) is 0 Å². The fourth-order valence-corrected chi connectivity index (χ4v) is 0.808. The zero-order valence-electron chi connectivity index (χ0n) is 8.79. The van der Waals surface area contributed by atoms with E-state index in [4.69, 9.17) is 4.74 Å². The van der Waals surface area contributed by atoms with Crippen molar-refractivity contribution in [3.63, 3.8) is 0 Å². The Hall–Kier alpha value is -1.25. The van der Waals surface area contributed by atoms with Gasteiger partial charge in [0.05, 0.1) is 7.11 Å². The molecule has 0 fully saturated rings. The summed E-state index contributed by atoms with van der Waals surface area (Å²) in [7, 11) is 1.61. The standard InChI is InChI=1S/C8H12N2O.C2H6/c1-3-9-7-5-4-6-8(10-7)11-2;1-2/h4-6H,3H2,1-2H3,(H,9,10);1-2H3. The summed E-state index contributed by atoms with van der Waals surface area (Å²) in [5.41, 5.74) is 0. The SMILES string of the molecule is CC.CCNc1cccc(OC)n1. The van der Waals surface area contributed by atoms with Gasteiger partial charge in [0.15, 0.2) is 0 Å². The molecule has 0 atom stereocenters. The summed E-state index contributed by atoms with van der Waals surface area (Å²) in [5.74, 6) is 1.50. The van der Waals surface area contributed by atoms with Gasteiger partial charge in [-0.15, -0.1) is 0 Å². The van der Waals surface area contributed by atoms with Gasteiger partial charge in [-0.25, -0.2) is 0 Å². The second kappa shape index (κ2) is 7.40. The number of methoxy groups -OCH3 is 1. The Balaban J connectivity index is 0.000000671. The van der Waals surface area contributed by atoms with Crippen molar-refractivity contribution >= 4 is 5.82 Å². The minimum absolute atomic E-state index is 0.642. The maximum Gasteiger partial charge on any atom is 0.214 e. The van der Waals surface area contributed by atoms with Crippen LogP contribution in [0.5, 0.6) is 5.88 Å². The average Bonchev–Trinajstić information content (AvgIpc) is 2.22. The summed E-state index contributed by atoms with van der Waals surface area (Å²) in [6.07, 6.45) is 0. The van der Waals surface area contributed by atoms with E-state index in [0.29, 0.717) is 5.88 Å². The molecule has 1 aromatic heterocycles. The Bertz CT molecular complexity index is 226. The Morgan fingerprint density at radius 1 is 1.38 bits per heavy atom. The first-order chi connectivity index (χ1) is 6.36. The predicted molar refractivity (Wildman–Crippen MR) is 56.3 cm³/mol. The normalized spacial score (nSPS) is 8.31. The number of nitrogens with zero attached hydrogens (tertiary/aromatic N) is 1. The van der Waals surface area contributed by atoms with Crippen molar-refractivity contribution in [1.29, 1.82) is 0 Å². The molecule has 0 aliphatic carbocycles. The molecule has 1 aromatic rings. The van der Waals surface area contributed by atoms with Gasteiger partial charge in [0.25, 0.3) is 0 Å². The van der Waals surface area contributed by atoms with Crippen LogP contribution >= 0.6 is 0 Å². The van der Waals surface area contributed by atoms with E-state index < -0.39 is 0 Å². The van der Waals surface area contributed by atoms with Gasteiger partial charge in [-0.3, -0.25) is 0 Å². The monoisotopic (exact) mass is 182 g/mol. The molecule has 1 N–H and O–H groups in total. The lowest BCUT2D eigenvalue weighted by Crippen LogP contribution is -1.99. The number of nitrogens with one attached hydrogen (secondary N) is 1. The molecule has 0 unspecified atom stereocenters. The second-order valence-corrected chi connectivity index (χ2v) is 2.10. The number of anilines is 1. The van der Waals surface area contributed by atoms with Crippen molar-refractivity contribution < 1.29 is 4.74 Å². The summed E-state index contributed by atoms with van der Waals surface area (Å²) >= 11 is 0. The van der Waals surface area contributed by atoms with E-state index in [-0.39, 0.29) is 0 Å². The summed E-state index contributed by atoms with van der Waals surface area (Å²) in [5, 5.41) is 3.09. The Kier molecular flexibility index (Phi) is 6.69. The van der Waals surface area contributed by atoms with Crippen molar-refractivity contribution in [3.05, 3.63) is 18.2 Å². The number of ether oxygens (including phenoxy) is 1. The van der Waals surface area contributed by atoms with E-state index in [2.05, 4.69) is 10.3 Å². The molecule has 1 heterocycles. The molecule has 0 saturated carbocycles. The van der Waals surface area contributed by atoms with E-state index in [9.17, 15) is 0 Å². The molecule has 0 saturated heterocycles. The number of hydrogen-bond donors (Lipinski definition) is 1. The van der Waals surface area contributed by atoms with Crippen molar-refractivity contribution in [2.45, 2.75) is 20.8 Å². The van der Waals surface area contributed by atoms with Crippen molar-refractivity contribution in [1.82, 2.24) is 4.98 Å². The Morgan fingerprint density at radius 3 is 2.62 bits per heavy atom. The molecule has 0 spiro atoms. The third kappa shape index (κ3) is 4.35. The Morgan fingerprint density at radius 2 is 2.08 bits per heavy atom.